The highest BCUT2D eigenvalue weighted by atomic mass is 32.1. The van der Waals surface area contributed by atoms with Gasteiger partial charge in [0.1, 0.15) is 17.3 Å². The molecule has 1 fully saturated rings. The van der Waals surface area contributed by atoms with Gasteiger partial charge in [-0.15, -0.1) is 11.3 Å². The number of amides is 1. The summed E-state index contributed by atoms with van der Waals surface area (Å²) in [6.07, 6.45) is 0. The predicted molar refractivity (Wildman–Crippen MR) is 107 cm³/mol. The second-order valence-electron chi connectivity index (χ2n) is 6.94. The van der Waals surface area contributed by atoms with Gasteiger partial charge in [0.15, 0.2) is 6.61 Å². The highest BCUT2D eigenvalue weighted by Gasteiger charge is 2.25. The van der Waals surface area contributed by atoms with Gasteiger partial charge in [0.05, 0.1) is 36.4 Å². The lowest BCUT2D eigenvalue weighted by Gasteiger charge is -2.31. The summed E-state index contributed by atoms with van der Waals surface area (Å²) in [5.74, 6) is 0.850. The van der Waals surface area contributed by atoms with Gasteiger partial charge < -0.3 is 14.5 Å². The molecule has 140 valence electrons. The van der Waals surface area contributed by atoms with Crippen LogP contribution in [0.2, 0.25) is 0 Å². The number of benzene rings is 2. The highest BCUT2D eigenvalue weighted by Crippen LogP contribution is 2.20. The molecule has 1 aliphatic rings. The van der Waals surface area contributed by atoms with Crippen molar-refractivity contribution >= 4 is 27.5 Å². The van der Waals surface area contributed by atoms with Gasteiger partial charge in [-0.25, -0.2) is 4.98 Å². The van der Waals surface area contributed by atoms with Gasteiger partial charge in [-0.05, 0) is 30.7 Å². The number of nitrogens with zero attached hydrogens (tertiary/aromatic N) is 2. The Balaban J connectivity index is 1.27. The summed E-state index contributed by atoms with van der Waals surface area (Å²) >= 11 is 1.77. The molecule has 1 aromatic heterocycles. The van der Waals surface area contributed by atoms with Gasteiger partial charge in [-0.3, -0.25) is 4.79 Å². The molecule has 4 rings (SSSR count). The van der Waals surface area contributed by atoms with E-state index in [0.29, 0.717) is 0 Å². The fourth-order valence-electron chi connectivity index (χ4n) is 3.41. The van der Waals surface area contributed by atoms with Crippen LogP contribution in [-0.4, -0.2) is 48.6 Å². The molecule has 0 aliphatic carbocycles. The first-order valence-electron chi connectivity index (χ1n) is 9.33. The minimum absolute atomic E-state index is 0.0669. The zero-order valence-electron chi connectivity index (χ0n) is 15.5. The van der Waals surface area contributed by atoms with E-state index in [1.807, 2.05) is 42.2 Å². The van der Waals surface area contributed by atoms with Gasteiger partial charge >= 0.3 is 0 Å². The van der Waals surface area contributed by atoms with Crippen molar-refractivity contribution in [1.82, 2.24) is 9.88 Å². The Morgan fingerprint density at radius 3 is 2.67 bits per heavy atom. The first kappa shape index (κ1) is 17.9. The van der Waals surface area contributed by atoms with E-state index in [1.54, 1.807) is 11.3 Å². The zero-order valence-corrected chi connectivity index (χ0v) is 16.3. The van der Waals surface area contributed by atoms with E-state index in [9.17, 15) is 4.79 Å². The van der Waals surface area contributed by atoms with Crippen LogP contribution in [0.4, 0.5) is 0 Å². The molecule has 0 bridgehead atoms. The van der Waals surface area contributed by atoms with E-state index in [-0.39, 0.29) is 12.5 Å². The summed E-state index contributed by atoms with van der Waals surface area (Å²) in [5.41, 5.74) is 2.13. The molecule has 3 aromatic rings. The van der Waals surface area contributed by atoms with Crippen LogP contribution in [-0.2, 0) is 11.3 Å². The Labute approximate surface area is 163 Å². The van der Waals surface area contributed by atoms with E-state index in [2.05, 4.69) is 18.2 Å². The molecule has 0 radical (unpaired) electrons. The number of rotatable bonds is 5. The Kier molecular flexibility index (Phi) is 5.36. The molecule has 1 aliphatic heterocycles. The summed E-state index contributed by atoms with van der Waals surface area (Å²) in [4.78, 5) is 20.6. The number of para-hydroxylation sites is 2. The fourth-order valence-corrected chi connectivity index (χ4v) is 4.45. The standard InChI is InChI=1S/C21H23N3O2S/c1-16-6-2-4-8-18(16)26-15-21(25)24-12-10-23(11-13-24)14-20-22-17-7-3-5-9-19(17)27-20/h2-9H,10-15H2,1H3/p+1. The molecule has 0 saturated carbocycles. The van der Waals surface area contributed by atoms with Crippen LogP contribution in [0.1, 0.15) is 10.6 Å². The van der Waals surface area contributed by atoms with Crippen LogP contribution in [0.25, 0.3) is 10.2 Å². The summed E-state index contributed by atoms with van der Waals surface area (Å²) in [5, 5.41) is 1.17. The number of aryl methyl sites for hydroxylation is 1. The molecule has 1 amide bonds. The third-order valence-electron chi connectivity index (χ3n) is 5.01. The van der Waals surface area contributed by atoms with Crippen molar-refractivity contribution in [2.45, 2.75) is 13.5 Å². The first-order valence-corrected chi connectivity index (χ1v) is 10.1. The molecule has 2 heterocycles. The Bertz CT molecular complexity index is 899. The number of piperazine rings is 1. The number of carbonyl (C=O) groups excluding carboxylic acids is 1. The van der Waals surface area contributed by atoms with E-state index in [1.165, 1.54) is 14.6 Å². The average Bonchev–Trinajstić information content (AvgIpc) is 3.10. The number of ether oxygens (including phenoxy) is 1. The maximum Gasteiger partial charge on any atom is 0.260 e. The van der Waals surface area contributed by atoms with Crippen molar-refractivity contribution in [2.75, 3.05) is 32.8 Å². The molecule has 1 saturated heterocycles. The monoisotopic (exact) mass is 382 g/mol. The lowest BCUT2D eigenvalue weighted by atomic mass is 10.2. The Morgan fingerprint density at radius 1 is 1.15 bits per heavy atom. The van der Waals surface area contributed by atoms with Gasteiger partial charge in [0.2, 0.25) is 0 Å². The number of quaternary nitrogens is 1. The van der Waals surface area contributed by atoms with Gasteiger partial charge in [-0.1, -0.05) is 30.3 Å². The maximum atomic E-state index is 12.4. The summed E-state index contributed by atoms with van der Waals surface area (Å²) < 4.78 is 6.95. The van der Waals surface area contributed by atoms with Crippen molar-refractivity contribution in [3.05, 3.63) is 59.1 Å². The Morgan fingerprint density at radius 2 is 1.89 bits per heavy atom. The van der Waals surface area contributed by atoms with Crippen molar-refractivity contribution in [3.8, 4) is 5.75 Å². The minimum atomic E-state index is 0.0669. The van der Waals surface area contributed by atoms with Crippen LogP contribution in [0, 0.1) is 6.92 Å². The summed E-state index contributed by atoms with van der Waals surface area (Å²) in [7, 11) is 0. The number of nitrogens with one attached hydrogen (secondary N) is 1. The number of carbonyl (C=O) groups is 1. The van der Waals surface area contributed by atoms with Crippen LogP contribution < -0.4 is 9.64 Å². The van der Waals surface area contributed by atoms with E-state index >= 15 is 0 Å². The fraction of sp³-hybridized carbons (Fsp3) is 0.333. The number of aromatic nitrogens is 1. The van der Waals surface area contributed by atoms with Crippen molar-refractivity contribution < 1.29 is 14.4 Å². The van der Waals surface area contributed by atoms with Crippen LogP contribution in [0.3, 0.4) is 0 Å². The van der Waals surface area contributed by atoms with E-state index in [4.69, 9.17) is 9.72 Å². The van der Waals surface area contributed by atoms with Crippen molar-refractivity contribution in [2.24, 2.45) is 0 Å². The van der Waals surface area contributed by atoms with E-state index < -0.39 is 0 Å². The second-order valence-corrected chi connectivity index (χ2v) is 8.05. The molecular weight excluding hydrogens is 358 g/mol. The molecule has 0 atom stereocenters. The molecule has 1 N–H and O–H groups in total. The van der Waals surface area contributed by atoms with E-state index in [0.717, 1.165) is 49.6 Å². The first-order chi connectivity index (χ1) is 13.2. The van der Waals surface area contributed by atoms with Crippen LogP contribution in [0.5, 0.6) is 5.75 Å². The smallest absolute Gasteiger partial charge is 0.260 e. The summed E-state index contributed by atoms with van der Waals surface area (Å²) in [6.45, 7) is 6.48. The second kappa shape index (κ2) is 8.06. The maximum absolute atomic E-state index is 12.4. The molecule has 0 unspecified atom stereocenters. The van der Waals surface area contributed by atoms with Crippen molar-refractivity contribution in [3.63, 3.8) is 0 Å². The largest absolute Gasteiger partial charge is 0.484 e. The van der Waals surface area contributed by atoms with Gasteiger partial charge in [0.25, 0.3) is 5.91 Å². The topological polar surface area (TPSA) is 46.9 Å². The lowest BCUT2D eigenvalue weighted by Crippen LogP contribution is -3.13. The normalized spacial score (nSPS) is 15.2. The average molecular weight is 383 g/mol. The molecule has 27 heavy (non-hydrogen) atoms. The minimum Gasteiger partial charge on any atom is -0.484 e. The van der Waals surface area contributed by atoms with Gasteiger partial charge in [0, 0.05) is 0 Å². The number of hydrogen-bond acceptors (Lipinski definition) is 4. The molecule has 0 spiro atoms. The SMILES string of the molecule is Cc1ccccc1OCC(=O)N1CC[NH+](Cc2nc3ccccc3s2)CC1. The lowest BCUT2D eigenvalue weighted by molar-refractivity contribution is -0.917. The number of hydrogen-bond donors (Lipinski definition) is 1. The predicted octanol–water partition coefficient (Wildman–Crippen LogP) is 1.91. The molecule has 5 nitrogen and oxygen atoms in total. The van der Waals surface area contributed by atoms with Gasteiger partial charge in [-0.2, -0.15) is 0 Å². The molecule has 2 aromatic carbocycles. The van der Waals surface area contributed by atoms with Crippen LogP contribution in [0.15, 0.2) is 48.5 Å². The Hall–Kier alpha value is -2.44. The third kappa shape index (κ3) is 4.28. The third-order valence-corrected chi connectivity index (χ3v) is 6.04. The number of thiazole rings is 1. The highest BCUT2D eigenvalue weighted by molar-refractivity contribution is 7.18. The zero-order chi connectivity index (χ0) is 18.6. The quantitative estimate of drug-likeness (QED) is 0.733. The molecular formula is C21H24N3O2S+. The summed E-state index contributed by atoms with van der Waals surface area (Å²) in [6, 6.07) is 16.1. The van der Waals surface area contributed by atoms with Crippen molar-refractivity contribution in [1.29, 1.82) is 0 Å². The number of fused-ring (bicyclic) bond motifs is 1. The van der Waals surface area contributed by atoms with Crippen LogP contribution >= 0.6 is 11.3 Å². The molecule has 6 heteroatoms.